The first-order valence-electron chi connectivity index (χ1n) is 5.24. The summed E-state index contributed by atoms with van der Waals surface area (Å²) < 4.78 is 36.2. The molecule has 0 saturated heterocycles. The van der Waals surface area contributed by atoms with Crippen molar-refractivity contribution >= 4 is 23.2 Å². The first-order valence-corrected chi connectivity index (χ1v) is 5.62. The fraction of sp³-hybridized carbons (Fsp3) is 0.400. The van der Waals surface area contributed by atoms with Crippen molar-refractivity contribution in [2.75, 3.05) is 13.6 Å². The zero-order chi connectivity index (χ0) is 15.5. The van der Waals surface area contributed by atoms with Crippen LogP contribution in [0.4, 0.5) is 18.9 Å². The zero-order valence-electron chi connectivity index (χ0n) is 10.1. The van der Waals surface area contributed by atoms with Gasteiger partial charge in [-0.05, 0) is 6.07 Å². The van der Waals surface area contributed by atoms with Crippen LogP contribution in [0.25, 0.3) is 0 Å². The Labute approximate surface area is 116 Å². The van der Waals surface area contributed by atoms with Crippen LogP contribution in [0.3, 0.4) is 0 Å². The maximum atomic E-state index is 12.1. The van der Waals surface area contributed by atoms with Crippen LogP contribution in [0.15, 0.2) is 12.3 Å². The first kappa shape index (κ1) is 16.2. The normalized spacial score (nSPS) is 11.2. The quantitative estimate of drug-likeness (QED) is 0.486. The molecule has 110 valence electrons. The molecule has 0 aliphatic heterocycles. The van der Waals surface area contributed by atoms with E-state index in [1.54, 1.807) is 0 Å². The van der Waals surface area contributed by atoms with Gasteiger partial charge in [-0.15, -0.1) is 0 Å². The zero-order valence-corrected chi connectivity index (χ0v) is 10.9. The standard InChI is InChI=1S/C10H9ClF3N3O3/c1-16(3-2-10(12,13)14)9(18)6-4-8(11)15-5-7(6)17(19)20/h4-5H,2-3H2,1H3. The Morgan fingerprint density at radius 1 is 1.55 bits per heavy atom. The number of nitro groups is 1. The number of amides is 1. The molecule has 1 aromatic rings. The predicted molar refractivity (Wildman–Crippen MR) is 63.5 cm³/mol. The fourth-order valence-corrected chi connectivity index (χ4v) is 1.50. The lowest BCUT2D eigenvalue weighted by Gasteiger charge is -2.18. The van der Waals surface area contributed by atoms with Gasteiger partial charge in [0.2, 0.25) is 0 Å². The fourth-order valence-electron chi connectivity index (χ4n) is 1.34. The van der Waals surface area contributed by atoms with Crippen molar-refractivity contribution in [1.82, 2.24) is 9.88 Å². The van der Waals surface area contributed by atoms with Gasteiger partial charge >= 0.3 is 6.18 Å². The minimum atomic E-state index is -4.42. The molecule has 0 saturated carbocycles. The Bertz CT molecular complexity index is 536. The molecule has 1 heterocycles. The maximum absolute atomic E-state index is 12.1. The summed E-state index contributed by atoms with van der Waals surface area (Å²) in [6, 6.07) is 0.951. The number of halogens is 4. The molecular weight excluding hydrogens is 303 g/mol. The summed E-state index contributed by atoms with van der Waals surface area (Å²) in [6.07, 6.45) is -4.84. The molecule has 0 fully saturated rings. The van der Waals surface area contributed by atoms with Crippen molar-refractivity contribution in [2.24, 2.45) is 0 Å². The largest absolute Gasteiger partial charge is 0.390 e. The lowest BCUT2D eigenvalue weighted by atomic mass is 10.2. The highest BCUT2D eigenvalue weighted by molar-refractivity contribution is 6.29. The van der Waals surface area contributed by atoms with Gasteiger partial charge in [0.25, 0.3) is 11.6 Å². The summed E-state index contributed by atoms with van der Waals surface area (Å²) >= 11 is 5.54. The molecule has 6 nitrogen and oxygen atoms in total. The molecule has 0 aromatic carbocycles. The summed E-state index contributed by atoms with van der Waals surface area (Å²) in [5, 5.41) is 10.6. The van der Waals surface area contributed by atoms with Gasteiger partial charge in [-0.1, -0.05) is 11.6 Å². The predicted octanol–water partition coefficient (Wildman–Crippen LogP) is 2.67. The average molecular weight is 312 g/mol. The second-order valence-corrected chi connectivity index (χ2v) is 4.26. The lowest BCUT2D eigenvalue weighted by molar-refractivity contribution is -0.385. The number of carbonyl (C=O) groups excluding carboxylic acids is 1. The van der Waals surface area contributed by atoms with Crippen molar-refractivity contribution in [2.45, 2.75) is 12.6 Å². The van der Waals surface area contributed by atoms with E-state index in [1.807, 2.05) is 0 Å². The number of rotatable bonds is 4. The summed E-state index contributed by atoms with van der Waals surface area (Å²) in [4.78, 5) is 26.0. The van der Waals surface area contributed by atoms with Crippen LogP contribution in [0, 0.1) is 10.1 Å². The third-order valence-corrected chi connectivity index (χ3v) is 2.56. The Morgan fingerprint density at radius 2 is 2.15 bits per heavy atom. The molecule has 0 bridgehead atoms. The van der Waals surface area contributed by atoms with E-state index in [0.29, 0.717) is 0 Å². The molecule has 0 atom stereocenters. The molecule has 1 rings (SSSR count). The van der Waals surface area contributed by atoms with Gasteiger partial charge in [-0.2, -0.15) is 13.2 Å². The number of carbonyl (C=O) groups is 1. The van der Waals surface area contributed by atoms with E-state index in [2.05, 4.69) is 4.98 Å². The molecule has 1 amide bonds. The van der Waals surface area contributed by atoms with Crippen molar-refractivity contribution < 1.29 is 22.9 Å². The highest BCUT2D eigenvalue weighted by Crippen LogP contribution is 2.23. The van der Waals surface area contributed by atoms with Crippen molar-refractivity contribution in [1.29, 1.82) is 0 Å². The van der Waals surface area contributed by atoms with Crippen molar-refractivity contribution in [3.05, 3.63) is 33.1 Å². The van der Waals surface area contributed by atoms with Crippen LogP contribution in [0.1, 0.15) is 16.8 Å². The molecule has 0 N–H and O–H groups in total. The van der Waals surface area contributed by atoms with Gasteiger partial charge in [0.05, 0.1) is 11.3 Å². The first-order chi connectivity index (χ1) is 9.11. The monoisotopic (exact) mass is 311 g/mol. The maximum Gasteiger partial charge on any atom is 0.390 e. The number of nitrogens with zero attached hydrogens (tertiary/aromatic N) is 3. The minimum Gasteiger partial charge on any atom is -0.341 e. The van der Waals surface area contributed by atoms with E-state index in [4.69, 9.17) is 11.6 Å². The van der Waals surface area contributed by atoms with E-state index < -0.39 is 41.2 Å². The summed E-state index contributed by atoms with van der Waals surface area (Å²) in [5.74, 6) is -0.926. The molecule has 10 heteroatoms. The lowest BCUT2D eigenvalue weighted by Crippen LogP contribution is -2.31. The number of hydrogen-bond donors (Lipinski definition) is 0. The Kier molecular flexibility index (Phi) is 4.88. The minimum absolute atomic E-state index is 0.164. The highest BCUT2D eigenvalue weighted by Gasteiger charge is 2.30. The van der Waals surface area contributed by atoms with Gasteiger partial charge in [0.15, 0.2) is 0 Å². The van der Waals surface area contributed by atoms with Crippen molar-refractivity contribution in [3.63, 3.8) is 0 Å². The van der Waals surface area contributed by atoms with Crippen LogP contribution in [0.2, 0.25) is 5.15 Å². The third-order valence-electron chi connectivity index (χ3n) is 2.35. The Morgan fingerprint density at radius 3 is 2.65 bits per heavy atom. The summed E-state index contributed by atoms with van der Waals surface area (Å²) in [7, 11) is 1.12. The van der Waals surface area contributed by atoms with Gasteiger partial charge in [-0.25, -0.2) is 4.98 Å². The molecule has 20 heavy (non-hydrogen) atoms. The van der Waals surface area contributed by atoms with Gasteiger partial charge < -0.3 is 4.90 Å². The second-order valence-electron chi connectivity index (χ2n) is 3.87. The van der Waals surface area contributed by atoms with E-state index in [9.17, 15) is 28.1 Å². The van der Waals surface area contributed by atoms with Gasteiger partial charge in [0, 0.05) is 13.6 Å². The van der Waals surface area contributed by atoms with E-state index in [0.717, 1.165) is 24.2 Å². The van der Waals surface area contributed by atoms with Crippen LogP contribution in [-0.2, 0) is 0 Å². The molecule has 0 radical (unpaired) electrons. The number of alkyl halides is 3. The number of pyridine rings is 1. The van der Waals surface area contributed by atoms with Crippen molar-refractivity contribution in [3.8, 4) is 0 Å². The third kappa shape index (κ3) is 4.34. The van der Waals surface area contributed by atoms with E-state index in [1.165, 1.54) is 0 Å². The molecule has 1 aromatic heterocycles. The van der Waals surface area contributed by atoms with E-state index >= 15 is 0 Å². The summed E-state index contributed by atoms with van der Waals surface area (Å²) in [6.45, 7) is -0.612. The Balaban J connectivity index is 2.96. The second kappa shape index (κ2) is 6.04. The highest BCUT2D eigenvalue weighted by atomic mass is 35.5. The van der Waals surface area contributed by atoms with Crippen LogP contribution in [0.5, 0.6) is 0 Å². The number of hydrogen-bond acceptors (Lipinski definition) is 4. The van der Waals surface area contributed by atoms with E-state index in [-0.39, 0.29) is 5.15 Å². The molecule has 0 aliphatic carbocycles. The molecule has 0 spiro atoms. The molecular formula is C10H9ClF3N3O3. The van der Waals surface area contributed by atoms with Crippen LogP contribution >= 0.6 is 11.6 Å². The average Bonchev–Trinajstić information content (AvgIpc) is 2.33. The van der Waals surface area contributed by atoms with Crippen LogP contribution in [-0.4, -0.2) is 40.5 Å². The summed E-state index contributed by atoms with van der Waals surface area (Å²) in [5.41, 5.74) is -1.02. The van der Waals surface area contributed by atoms with Gasteiger partial charge in [0.1, 0.15) is 16.9 Å². The molecule has 0 aliphatic rings. The SMILES string of the molecule is CN(CCC(F)(F)F)C(=O)c1cc(Cl)ncc1[N+](=O)[O-]. The topological polar surface area (TPSA) is 76.3 Å². The smallest absolute Gasteiger partial charge is 0.341 e. The van der Waals surface area contributed by atoms with Crippen LogP contribution < -0.4 is 0 Å². The molecule has 0 unspecified atom stereocenters. The number of aromatic nitrogens is 1. The Hall–Kier alpha value is -1.90. The van der Waals surface area contributed by atoms with Gasteiger partial charge in [-0.3, -0.25) is 14.9 Å².